The molecule has 3 rings (SSSR count). The standard InChI is InChI=1S/C15H11FO3/c16-11-6-5-10-7-12(19-15(10)8-11)9-18-14-4-2-1-3-13(14)17/h1-8,17H,9H2. The van der Waals surface area contributed by atoms with Crippen molar-refractivity contribution in [3.8, 4) is 11.5 Å². The maximum atomic E-state index is 13.0. The van der Waals surface area contributed by atoms with Gasteiger partial charge in [-0.15, -0.1) is 0 Å². The third-order valence-electron chi connectivity index (χ3n) is 2.77. The third kappa shape index (κ3) is 2.38. The zero-order chi connectivity index (χ0) is 13.2. The predicted octanol–water partition coefficient (Wildman–Crippen LogP) is 3.86. The number of ether oxygens (including phenoxy) is 1. The molecule has 0 saturated carbocycles. The highest BCUT2D eigenvalue weighted by molar-refractivity contribution is 5.77. The highest BCUT2D eigenvalue weighted by Crippen LogP contribution is 2.26. The number of furan rings is 1. The van der Waals surface area contributed by atoms with Crippen LogP contribution in [0.25, 0.3) is 11.0 Å². The fraction of sp³-hybridized carbons (Fsp3) is 0.0667. The van der Waals surface area contributed by atoms with Crippen molar-refractivity contribution in [2.45, 2.75) is 6.61 Å². The highest BCUT2D eigenvalue weighted by Gasteiger charge is 2.07. The molecular weight excluding hydrogens is 247 g/mol. The lowest BCUT2D eigenvalue weighted by Crippen LogP contribution is -1.93. The third-order valence-corrected chi connectivity index (χ3v) is 2.77. The minimum absolute atomic E-state index is 0.0738. The normalized spacial score (nSPS) is 10.8. The van der Waals surface area contributed by atoms with Gasteiger partial charge in [-0.1, -0.05) is 12.1 Å². The maximum Gasteiger partial charge on any atom is 0.161 e. The van der Waals surface area contributed by atoms with E-state index in [9.17, 15) is 9.50 Å². The van der Waals surface area contributed by atoms with Crippen molar-refractivity contribution in [3.05, 3.63) is 60.1 Å². The monoisotopic (exact) mass is 258 g/mol. The molecule has 2 aromatic carbocycles. The Hall–Kier alpha value is -2.49. The first-order chi connectivity index (χ1) is 9.22. The van der Waals surface area contributed by atoms with Gasteiger partial charge in [0.05, 0.1) is 0 Å². The summed E-state index contributed by atoms with van der Waals surface area (Å²) in [5, 5.41) is 10.4. The van der Waals surface area contributed by atoms with Crippen molar-refractivity contribution in [1.82, 2.24) is 0 Å². The van der Waals surface area contributed by atoms with Gasteiger partial charge in [-0.25, -0.2) is 4.39 Å². The number of halogens is 1. The second-order valence-electron chi connectivity index (χ2n) is 4.15. The molecule has 0 bridgehead atoms. The number of fused-ring (bicyclic) bond motifs is 1. The Morgan fingerprint density at radius 3 is 2.79 bits per heavy atom. The molecule has 0 aliphatic carbocycles. The van der Waals surface area contributed by atoms with E-state index in [4.69, 9.17) is 9.15 Å². The van der Waals surface area contributed by atoms with Crippen LogP contribution in [0.2, 0.25) is 0 Å². The van der Waals surface area contributed by atoms with Crippen LogP contribution in [0, 0.1) is 5.82 Å². The van der Waals surface area contributed by atoms with E-state index in [0.29, 0.717) is 17.1 Å². The van der Waals surface area contributed by atoms with Crippen LogP contribution in [-0.4, -0.2) is 5.11 Å². The summed E-state index contributed by atoms with van der Waals surface area (Å²) in [5.41, 5.74) is 0.482. The Kier molecular flexibility index (Phi) is 2.83. The van der Waals surface area contributed by atoms with Crippen LogP contribution in [0.3, 0.4) is 0 Å². The number of hydrogen-bond acceptors (Lipinski definition) is 3. The van der Waals surface area contributed by atoms with Gasteiger partial charge in [-0.3, -0.25) is 0 Å². The number of hydrogen-bond donors (Lipinski definition) is 1. The molecule has 1 aromatic heterocycles. The largest absolute Gasteiger partial charge is 0.504 e. The first kappa shape index (κ1) is 11.6. The van der Waals surface area contributed by atoms with Crippen molar-refractivity contribution in [2.24, 2.45) is 0 Å². The molecule has 0 aliphatic heterocycles. The van der Waals surface area contributed by atoms with Gasteiger partial charge in [-0.2, -0.15) is 0 Å². The van der Waals surface area contributed by atoms with E-state index in [-0.39, 0.29) is 18.2 Å². The van der Waals surface area contributed by atoms with Crippen molar-refractivity contribution in [1.29, 1.82) is 0 Å². The number of para-hydroxylation sites is 2. The lowest BCUT2D eigenvalue weighted by atomic mass is 10.2. The van der Waals surface area contributed by atoms with Crippen LogP contribution in [0.1, 0.15) is 5.76 Å². The summed E-state index contributed by atoms with van der Waals surface area (Å²) in [5.74, 6) is 0.692. The van der Waals surface area contributed by atoms with Gasteiger partial charge in [-0.05, 0) is 30.3 Å². The number of aromatic hydroxyl groups is 1. The second kappa shape index (κ2) is 4.65. The summed E-state index contributed by atoms with van der Waals surface area (Å²) in [6.07, 6.45) is 0. The lowest BCUT2D eigenvalue weighted by molar-refractivity contribution is 0.262. The molecule has 3 aromatic rings. The molecule has 0 spiro atoms. The minimum atomic E-state index is -0.338. The minimum Gasteiger partial charge on any atom is -0.504 e. The molecule has 96 valence electrons. The summed E-state index contributed by atoms with van der Waals surface area (Å²) >= 11 is 0. The van der Waals surface area contributed by atoms with E-state index in [1.165, 1.54) is 12.1 Å². The Morgan fingerprint density at radius 2 is 1.95 bits per heavy atom. The number of phenolic OH excluding ortho intramolecular Hbond substituents is 1. The fourth-order valence-electron chi connectivity index (χ4n) is 1.86. The number of rotatable bonds is 3. The van der Waals surface area contributed by atoms with Crippen LogP contribution >= 0.6 is 0 Å². The molecule has 19 heavy (non-hydrogen) atoms. The van der Waals surface area contributed by atoms with E-state index < -0.39 is 0 Å². The van der Waals surface area contributed by atoms with Crippen molar-refractivity contribution < 1.29 is 18.7 Å². The number of benzene rings is 2. The average Bonchev–Trinajstić information content (AvgIpc) is 2.79. The van der Waals surface area contributed by atoms with Crippen LogP contribution < -0.4 is 4.74 Å². The SMILES string of the molecule is Oc1ccccc1OCc1cc2ccc(F)cc2o1. The van der Waals surface area contributed by atoms with E-state index in [1.54, 1.807) is 36.4 Å². The van der Waals surface area contributed by atoms with Gasteiger partial charge in [0.1, 0.15) is 23.8 Å². The van der Waals surface area contributed by atoms with Crippen LogP contribution in [0.4, 0.5) is 4.39 Å². The first-order valence-corrected chi connectivity index (χ1v) is 5.81. The molecule has 1 heterocycles. The van der Waals surface area contributed by atoms with Gasteiger partial charge in [0.2, 0.25) is 0 Å². The molecule has 0 atom stereocenters. The summed E-state index contributed by atoms with van der Waals surface area (Å²) in [6, 6.07) is 12.8. The smallest absolute Gasteiger partial charge is 0.161 e. The second-order valence-corrected chi connectivity index (χ2v) is 4.15. The topological polar surface area (TPSA) is 42.6 Å². The van der Waals surface area contributed by atoms with Gasteiger partial charge in [0.15, 0.2) is 11.5 Å². The Labute approximate surface area is 108 Å². The molecule has 0 unspecified atom stereocenters. The lowest BCUT2D eigenvalue weighted by Gasteiger charge is -2.05. The predicted molar refractivity (Wildman–Crippen MR) is 68.6 cm³/mol. The average molecular weight is 258 g/mol. The Balaban J connectivity index is 1.80. The van der Waals surface area contributed by atoms with Crippen LogP contribution in [-0.2, 0) is 6.61 Å². The summed E-state index contributed by atoms with van der Waals surface area (Å²) in [4.78, 5) is 0. The first-order valence-electron chi connectivity index (χ1n) is 5.81. The zero-order valence-electron chi connectivity index (χ0n) is 9.97. The zero-order valence-corrected chi connectivity index (χ0v) is 9.97. The van der Waals surface area contributed by atoms with Crippen molar-refractivity contribution >= 4 is 11.0 Å². The molecule has 0 fully saturated rings. The molecule has 1 N–H and O–H groups in total. The molecule has 4 heteroatoms. The van der Waals surface area contributed by atoms with Gasteiger partial charge in [0.25, 0.3) is 0 Å². The van der Waals surface area contributed by atoms with Crippen LogP contribution in [0.15, 0.2) is 52.9 Å². The molecule has 0 radical (unpaired) electrons. The van der Waals surface area contributed by atoms with Gasteiger partial charge >= 0.3 is 0 Å². The fourth-order valence-corrected chi connectivity index (χ4v) is 1.86. The van der Waals surface area contributed by atoms with E-state index >= 15 is 0 Å². The van der Waals surface area contributed by atoms with Gasteiger partial charge in [0, 0.05) is 11.5 Å². The van der Waals surface area contributed by atoms with Crippen molar-refractivity contribution in [3.63, 3.8) is 0 Å². The molecule has 0 aliphatic rings. The molecule has 0 amide bonds. The van der Waals surface area contributed by atoms with E-state index in [2.05, 4.69) is 0 Å². The summed E-state index contributed by atoms with van der Waals surface area (Å²) < 4.78 is 23.9. The number of phenols is 1. The summed E-state index contributed by atoms with van der Waals surface area (Å²) in [7, 11) is 0. The quantitative estimate of drug-likeness (QED) is 0.775. The molecular formula is C15H11FO3. The van der Waals surface area contributed by atoms with E-state index in [1.807, 2.05) is 0 Å². The Bertz CT molecular complexity index is 718. The molecule has 0 saturated heterocycles. The van der Waals surface area contributed by atoms with E-state index in [0.717, 1.165) is 5.39 Å². The summed E-state index contributed by atoms with van der Waals surface area (Å²) in [6.45, 7) is 0.174. The Morgan fingerprint density at radius 1 is 1.11 bits per heavy atom. The van der Waals surface area contributed by atoms with Crippen molar-refractivity contribution in [2.75, 3.05) is 0 Å². The molecule has 3 nitrogen and oxygen atoms in total. The van der Waals surface area contributed by atoms with Gasteiger partial charge < -0.3 is 14.3 Å². The van der Waals surface area contributed by atoms with Crippen LogP contribution in [0.5, 0.6) is 11.5 Å². The highest BCUT2D eigenvalue weighted by atomic mass is 19.1. The maximum absolute atomic E-state index is 13.0.